The van der Waals surface area contributed by atoms with Gasteiger partial charge in [0.25, 0.3) is 0 Å². The van der Waals surface area contributed by atoms with Gasteiger partial charge in [0.15, 0.2) is 0 Å². The van der Waals surface area contributed by atoms with Crippen molar-refractivity contribution in [2.24, 2.45) is 0 Å². The molecule has 0 radical (unpaired) electrons. The fourth-order valence-electron chi connectivity index (χ4n) is 4.44. The quantitative estimate of drug-likeness (QED) is 0.361. The average molecular weight is 415 g/mol. The van der Waals surface area contributed by atoms with Crippen molar-refractivity contribution in [3.8, 4) is 0 Å². The van der Waals surface area contributed by atoms with Crippen LogP contribution in [0.4, 0.5) is 0 Å². The molecule has 0 atom stereocenters. The first-order valence-corrected chi connectivity index (χ1v) is 11.9. The van der Waals surface area contributed by atoms with E-state index < -0.39 is 0 Å². The predicted octanol–water partition coefficient (Wildman–Crippen LogP) is 5.28. The summed E-state index contributed by atoms with van der Waals surface area (Å²) in [6.07, 6.45) is 0. The summed E-state index contributed by atoms with van der Waals surface area (Å²) in [5, 5.41) is 0. The van der Waals surface area contributed by atoms with Crippen LogP contribution in [0.3, 0.4) is 0 Å². The number of hydrogen-bond acceptors (Lipinski definition) is 4. The lowest BCUT2D eigenvalue weighted by atomic mass is 10.2. The summed E-state index contributed by atoms with van der Waals surface area (Å²) in [6.45, 7) is 34.8. The van der Waals surface area contributed by atoms with Crippen molar-refractivity contribution in [2.45, 2.75) is 127 Å². The third kappa shape index (κ3) is 12.3. The van der Waals surface area contributed by atoms with E-state index in [-0.39, 0.29) is 7.43 Å². The van der Waals surface area contributed by atoms with Gasteiger partial charge in [-0.2, -0.15) is 0 Å². The molecule has 0 N–H and O–H groups in total. The van der Waals surface area contributed by atoms with Crippen molar-refractivity contribution in [3.05, 3.63) is 0 Å². The molecule has 0 aliphatic rings. The van der Waals surface area contributed by atoms with E-state index in [0.717, 1.165) is 39.3 Å². The second kappa shape index (κ2) is 15.6. The molecule has 0 fully saturated rings. The van der Waals surface area contributed by atoms with Gasteiger partial charge in [0, 0.05) is 75.5 Å². The normalized spacial score (nSPS) is 13.0. The first-order valence-electron chi connectivity index (χ1n) is 11.9. The van der Waals surface area contributed by atoms with Gasteiger partial charge in [-0.15, -0.1) is 0 Å². The van der Waals surface area contributed by atoms with Gasteiger partial charge in [0.1, 0.15) is 0 Å². The Labute approximate surface area is 186 Å². The Bertz CT molecular complexity index is 296. The van der Waals surface area contributed by atoms with Gasteiger partial charge in [-0.25, -0.2) is 0 Å². The first-order chi connectivity index (χ1) is 12.9. The highest BCUT2D eigenvalue weighted by Crippen LogP contribution is 2.09. The van der Waals surface area contributed by atoms with Crippen LogP contribution in [0.5, 0.6) is 0 Å². The zero-order chi connectivity index (χ0) is 22.0. The SMILES string of the molecule is C.CC(C)N(CCN(CCN(C(C)C)C(C)C)CCN(C(C)C)C(C)C)C(C)C. The smallest absolute Gasteiger partial charge is 0.0115 e. The molecule has 29 heavy (non-hydrogen) atoms. The van der Waals surface area contributed by atoms with E-state index in [1.165, 1.54) is 0 Å². The van der Waals surface area contributed by atoms with Gasteiger partial charge in [0.05, 0.1) is 0 Å². The molecular formula is C25H58N4. The summed E-state index contributed by atoms with van der Waals surface area (Å²) in [4.78, 5) is 10.6. The van der Waals surface area contributed by atoms with Crippen LogP contribution in [0.1, 0.15) is 90.5 Å². The minimum Gasteiger partial charge on any atom is -0.300 e. The molecule has 0 aromatic heterocycles. The minimum absolute atomic E-state index is 0. The van der Waals surface area contributed by atoms with Gasteiger partial charge in [-0.1, -0.05) is 7.43 Å². The molecule has 0 aliphatic heterocycles. The Morgan fingerprint density at radius 2 is 0.517 bits per heavy atom. The molecule has 0 spiro atoms. The van der Waals surface area contributed by atoms with Crippen LogP contribution < -0.4 is 0 Å². The van der Waals surface area contributed by atoms with Gasteiger partial charge in [0.2, 0.25) is 0 Å². The van der Waals surface area contributed by atoms with Crippen LogP contribution in [0, 0.1) is 0 Å². The molecule has 4 nitrogen and oxygen atoms in total. The van der Waals surface area contributed by atoms with Crippen molar-refractivity contribution in [3.63, 3.8) is 0 Å². The molecule has 0 heterocycles. The summed E-state index contributed by atoms with van der Waals surface area (Å²) in [5.41, 5.74) is 0. The van der Waals surface area contributed by atoms with Gasteiger partial charge < -0.3 is 0 Å². The molecule has 0 amide bonds. The van der Waals surface area contributed by atoms with Crippen LogP contribution in [-0.4, -0.2) is 95.1 Å². The van der Waals surface area contributed by atoms with Crippen LogP contribution in [0.25, 0.3) is 0 Å². The topological polar surface area (TPSA) is 13.0 Å². The molecule has 0 aromatic carbocycles. The van der Waals surface area contributed by atoms with Crippen LogP contribution >= 0.6 is 0 Å². The Hall–Kier alpha value is -0.160. The minimum atomic E-state index is 0. The highest BCUT2D eigenvalue weighted by molar-refractivity contribution is 4.75. The molecule has 0 rings (SSSR count). The maximum absolute atomic E-state index is 2.70. The molecule has 0 unspecified atom stereocenters. The van der Waals surface area contributed by atoms with E-state index in [2.05, 4.69) is 103 Å². The van der Waals surface area contributed by atoms with Crippen molar-refractivity contribution in [2.75, 3.05) is 39.3 Å². The Morgan fingerprint density at radius 3 is 0.655 bits per heavy atom. The maximum atomic E-state index is 2.70. The molecule has 0 aromatic rings. The molecule has 0 bridgehead atoms. The van der Waals surface area contributed by atoms with E-state index in [0.29, 0.717) is 36.3 Å². The Morgan fingerprint density at radius 1 is 0.345 bits per heavy atom. The van der Waals surface area contributed by atoms with Crippen molar-refractivity contribution in [1.29, 1.82) is 0 Å². The van der Waals surface area contributed by atoms with Crippen LogP contribution in [0.15, 0.2) is 0 Å². The highest BCUT2D eigenvalue weighted by atomic mass is 15.3. The summed E-state index contributed by atoms with van der Waals surface area (Å²) < 4.78 is 0. The summed E-state index contributed by atoms with van der Waals surface area (Å²) in [6, 6.07) is 3.63. The van der Waals surface area contributed by atoms with E-state index in [1.54, 1.807) is 0 Å². The fourth-order valence-corrected chi connectivity index (χ4v) is 4.44. The second-order valence-electron chi connectivity index (χ2n) is 10.1. The lowest BCUT2D eigenvalue weighted by Gasteiger charge is -2.37. The second-order valence-corrected chi connectivity index (χ2v) is 10.1. The first kappa shape index (κ1) is 31.0. The molecule has 0 saturated carbocycles. The van der Waals surface area contributed by atoms with E-state index in [9.17, 15) is 0 Å². The van der Waals surface area contributed by atoms with Crippen molar-refractivity contribution >= 4 is 0 Å². The van der Waals surface area contributed by atoms with E-state index >= 15 is 0 Å². The highest BCUT2D eigenvalue weighted by Gasteiger charge is 2.20. The zero-order valence-electron chi connectivity index (χ0n) is 21.5. The average Bonchev–Trinajstić information content (AvgIpc) is 2.52. The Kier molecular flexibility index (Phi) is 16.7. The standard InChI is InChI=1S/C24H54N4.CH4/c1-19(2)26(20(3)4)16-13-25(14-17-27(21(5)6)22(7)8)15-18-28(23(9)10)24(11)12;/h19-24H,13-18H2,1-12H3;1H4. The van der Waals surface area contributed by atoms with Crippen LogP contribution in [0.2, 0.25) is 0 Å². The monoisotopic (exact) mass is 414 g/mol. The summed E-state index contributed by atoms with van der Waals surface area (Å²) in [7, 11) is 0. The van der Waals surface area contributed by atoms with Gasteiger partial charge in [-0.3, -0.25) is 19.6 Å². The van der Waals surface area contributed by atoms with Gasteiger partial charge >= 0.3 is 0 Å². The number of rotatable bonds is 15. The predicted molar refractivity (Wildman–Crippen MR) is 134 cm³/mol. The largest absolute Gasteiger partial charge is 0.300 e. The maximum Gasteiger partial charge on any atom is 0.0115 e. The lowest BCUT2D eigenvalue weighted by Crippen LogP contribution is -2.49. The zero-order valence-corrected chi connectivity index (χ0v) is 21.5. The van der Waals surface area contributed by atoms with E-state index in [1.807, 2.05) is 0 Å². The number of hydrogen-bond donors (Lipinski definition) is 0. The number of nitrogens with zero attached hydrogens (tertiary/aromatic N) is 4. The fraction of sp³-hybridized carbons (Fsp3) is 1.00. The molecular weight excluding hydrogens is 356 g/mol. The molecule has 0 aliphatic carbocycles. The summed E-state index contributed by atoms with van der Waals surface area (Å²) >= 11 is 0. The molecule has 0 saturated heterocycles. The molecule has 4 heteroatoms. The molecule has 178 valence electrons. The Balaban J connectivity index is 0. The third-order valence-corrected chi connectivity index (χ3v) is 6.00. The van der Waals surface area contributed by atoms with Gasteiger partial charge in [-0.05, 0) is 83.1 Å². The third-order valence-electron chi connectivity index (χ3n) is 6.00. The van der Waals surface area contributed by atoms with Crippen LogP contribution in [-0.2, 0) is 0 Å². The van der Waals surface area contributed by atoms with Crippen molar-refractivity contribution < 1.29 is 0 Å². The lowest BCUT2D eigenvalue weighted by molar-refractivity contribution is 0.0990. The van der Waals surface area contributed by atoms with E-state index in [4.69, 9.17) is 0 Å². The summed E-state index contributed by atoms with van der Waals surface area (Å²) in [5.74, 6) is 0. The van der Waals surface area contributed by atoms with Crippen molar-refractivity contribution in [1.82, 2.24) is 19.6 Å².